The van der Waals surface area contributed by atoms with Crippen molar-refractivity contribution >= 4 is 38.1 Å². The molecular weight excluding hydrogens is 405 g/mol. The number of amides is 1. The molecule has 1 aliphatic rings. The van der Waals surface area contributed by atoms with Crippen LogP contribution in [0.5, 0.6) is 0 Å². The van der Waals surface area contributed by atoms with Gasteiger partial charge in [-0.2, -0.15) is 13.2 Å². The Hall–Kier alpha value is -3.07. The first-order valence-electron chi connectivity index (χ1n) is 8.65. The van der Waals surface area contributed by atoms with Gasteiger partial charge in [-0.15, -0.1) is 0 Å². The van der Waals surface area contributed by atoms with E-state index in [-0.39, 0.29) is 10.6 Å². The van der Waals surface area contributed by atoms with Crippen molar-refractivity contribution in [3.05, 3.63) is 66.2 Å². The highest BCUT2D eigenvalue weighted by atomic mass is 32.2. The lowest BCUT2D eigenvalue weighted by atomic mass is 10.1. The first kappa shape index (κ1) is 19.3. The molecule has 0 aliphatic carbocycles. The number of carbonyl (C=O) groups excluding carboxylic acids is 1. The first-order chi connectivity index (χ1) is 13.6. The third kappa shape index (κ3) is 3.11. The topological polar surface area (TPSA) is 66.5 Å². The summed E-state index contributed by atoms with van der Waals surface area (Å²) in [5.74, 6) is -0.738. The number of benzene rings is 3. The predicted molar refractivity (Wildman–Crippen MR) is 103 cm³/mol. The summed E-state index contributed by atoms with van der Waals surface area (Å²) >= 11 is 0. The molecule has 1 heterocycles. The van der Waals surface area contributed by atoms with Gasteiger partial charge < -0.3 is 5.32 Å². The third-order valence-corrected chi connectivity index (χ3v) is 6.73. The van der Waals surface area contributed by atoms with Crippen molar-refractivity contribution in [1.29, 1.82) is 0 Å². The number of halogens is 3. The highest BCUT2D eigenvalue weighted by Crippen LogP contribution is 2.43. The van der Waals surface area contributed by atoms with E-state index < -0.39 is 33.7 Å². The fourth-order valence-corrected chi connectivity index (χ4v) is 5.33. The number of sulfonamides is 1. The molecule has 4 rings (SSSR count). The van der Waals surface area contributed by atoms with E-state index in [1.54, 1.807) is 30.3 Å². The van der Waals surface area contributed by atoms with Crippen molar-refractivity contribution in [2.45, 2.75) is 24.0 Å². The number of rotatable bonds is 3. The molecule has 0 fully saturated rings. The first-order valence-corrected chi connectivity index (χ1v) is 10.1. The molecule has 1 aliphatic heterocycles. The zero-order valence-electron chi connectivity index (χ0n) is 15.1. The molecule has 3 aromatic rings. The highest BCUT2D eigenvalue weighted by molar-refractivity contribution is 7.93. The van der Waals surface area contributed by atoms with Gasteiger partial charge in [-0.25, -0.2) is 8.42 Å². The van der Waals surface area contributed by atoms with E-state index in [0.29, 0.717) is 11.1 Å². The van der Waals surface area contributed by atoms with E-state index >= 15 is 0 Å². The monoisotopic (exact) mass is 420 g/mol. The molecule has 150 valence electrons. The quantitative estimate of drug-likeness (QED) is 0.683. The summed E-state index contributed by atoms with van der Waals surface area (Å²) < 4.78 is 65.8. The molecule has 1 N–H and O–H groups in total. The number of nitrogens with zero attached hydrogens (tertiary/aromatic N) is 1. The maximum atomic E-state index is 13.0. The van der Waals surface area contributed by atoms with E-state index in [1.807, 2.05) is 0 Å². The van der Waals surface area contributed by atoms with Gasteiger partial charge in [0.1, 0.15) is 6.04 Å². The lowest BCUT2D eigenvalue weighted by molar-refractivity contribution is -0.137. The van der Waals surface area contributed by atoms with E-state index in [0.717, 1.165) is 21.8 Å². The van der Waals surface area contributed by atoms with Crippen molar-refractivity contribution in [2.24, 2.45) is 0 Å². The molecule has 9 heteroatoms. The second kappa shape index (κ2) is 6.48. The Balaban J connectivity index is 1.68. The van der Waals surface area contributed by atoms with Crippen LogP contribution in [0.2, 0.25) is 0 Å². The van der Waals surface area contributed by atoms with Gasteiger partial charge in [-0.05, 0) is 42.6 Å². The van der Waals surface area contributed by atoms with Crippen molar-refractivity contribution in [3.63, 3.8) is 0 Å². The lowest BCUT2D eigenvalue weighted by Crippen LogP contribution is -2.44. The number of nitrogens with one attached hydrogen (secondary N) is 1. The third-order valence-electron chi connectivity index (χ3n) is 4.81. The maximum Gasteiger partial charge on any atom is 0.416 e. The van der Waals surface area contributed by atoms with Crippen molar-refractivity contribution in [2.75, 3.05) is 9.62 Å². The fourth-order valence-electron chi connectivity index (χ4n) is 3.46. The summed E-state index contributed by atoms with van der Waals surface area (Å²) in [6.45, 7) is 1.39. The van der Waals surface area contributed by atoms with Gasteiger partial charge in [0.15, 0.2) is 0 Å². The Morgan fingerprint density at radius 2 is 1.69 bits per heavy atom. The van der Waals surface area contributed by atoms with Gasteiger partial charge in [-0.3, -0.25) is 9.10 Å². The van der Waals surface area contributed by atoms with Crippen LogP contribution in [0.3, 0.4) is 0 Å². The summed E-state index contributed by atoms with van der Waals surface area (Å²) in [7, 11) is -3.97. The number of hydrogen-bond acceptors (Lipinski definition) is 3. The van der Waals surface area contributed by atoms with Gasteiger partial charge in [0, 0.05) is 11.1 Å². The zero-order valence-corrected chi connectivity index (χ0v) is 15.9. The zero-order chi connectivity index (χ0) is 21.0. The molecule has 29 heavy (non-hydrogen) atoms. The summed E-state index contributed by atoms with van der Waals surface area (Å²) in [5.41, 5.74) is -0.609. The number of carbonyl (C=O) groups is 1. The van der Waals surface area contributed by atoms with Crippen LogP contribution in [0, 0.1) is 0 Å². The number of hydrogen-bond donors (Lipinski definition) is 1. The molecule has 0 saturated carbocycles. The summed E-state index contributed by atoms with van der Waals surface area (Å²) in [6, 6.07) is 12.9. The molecule has 5 nitrogen and oxygen atoms in total. The minimum absolute atomic E-state index is 0.0657. The van der Waals surface area contributed by atoms with Crippen LogP contribution in [0.25, 0.3) is 10.8 Å². The highest BCUT2D eigenvalue weighted by Gasteiger charge is 2.41. The van der Waals surface area contributed by atoms with Crippen LogP contribution in [0.1, 0.15) is 12.5 Å². The molecular formula is C20H15F3N2O3S. The van der Waals surface area contributed by atoms with Crippen molar-refractivity contribution < 1.29 is 26.4 Å². The fraction of sp³-hybridized carbons (Fsp3) is 0.150. The largest absolute Gasteiger partial charge is 0.416 e. The molecule has 0 unspecified atom stereocenters. The summed E-state index contributed by atoms with van der Waals surface area (Å²) in [6.07, 6.45) is -4.55. The lowest BCUT2D eigenvalue weighted by Gasteiger charge is -2.25. The average molecular weight is 420 g/mol. The van der Waals surface area contributed by atoms with Crippen LogP contribution in [-0.4, -0.2) is 20.4 Å². The van der Waals surface area contributed by atoms with Gasteiger partial charge in [0.2, 0.25) is 5.91 Å². The van der Waals surface area contributed by atoms with Gasteiger partial charge in [0.05, 0.1) is 16.1 Å². The second-order valence-electron chi connectivity index (χ2n) is 6.68. The minimum atomic E-state index is -4.55. The van der Waals surface area contributed by atoms with E-state index in [2.05, 4.69) is 5.32 Å². The molecule has 0 radical (unpaired) electrons. The van der Waals surface area contributed by atoms with E-state index in [4.69, 9.17) is 0 Å². The molecule has 1 atom stereocenters. The standard InChI is InChI=1S/C20H15F3N2O3S/c1-12(19(26)24-15-8-4-7-14(11-15)20(21,22)23)25-16-9-2-5-13-6-3-10-17(18(13)16)29(25,27)28/h2-12H,1H3,(H,24,26)/t12-/m0/s1. The van der Waals surface area contributed by atoms with Crippen molar-refractivity contribution in [1.82, 2.24) is 0 Å². The van der Waals surface area contributed by atoms with Crippen LogP contribution >= 0.6 is 0 Å². The normalized spacial score (nSPS) is 16.1. The molecule has 3 aromatic carbocycles. The molecule has 0 saturated heterocycles. The smallest absolute Gasteiger partial charge is 0.324 e. The van der Waals surface area contributed by atoms with Crippen LogP contribution in [0.15, 0.2) is 65.6 Å². The Bertz CT molecular complexity index is 1230. The van der Waals surface area contributed by atoms with Gasteiger partial charge in [-0.1, -0.05) is 30.3 Å². The van der Waals surface area contributed by atoms with Gasteiger partial charge in [0.25, 0.3) is 10.0 Å². The van der Waals surface area contributed by atoms with Gasteiger partial charge >= 0.3 is 6.18 Å². The van der Waals surface area contributed by atoms with Crippen LogP contribution in [0.4, 0.5) is 24.5 Å². The van der Waals surface area contributed by atoms with Crippen molar-refractivity contribution in [3.8, 4) is 0 Å². The Labute approximate surface area is 164 Å². The van der Waals surface area contributed by atoms with Crippen LogP contribution in [-0.2, 0) is 21.0 Å². The minimum Gasteiger partial charge on any atom is -0.324 e. The number of alkyl halides is 3. The summed E-state index contributed by atoms with van der Waals surface area (Å²) in [4.78, 5) is 12.8. The molecule has 0 aromatic heterocycles. The van der Waals surface area contributed by atoms with E-state index in [9.17, 15) is 26.4 Å². The maximum absolute atomic E-state index is 13.0. The Kier molecular flexibility index (Phi) is 4.30. The van der Waals surface area contributed by atoms with Crippen LogP contribution < -0.4 is 9.62 Å². The molecule has 0 spiro atoms. The molecule has 1 amide bonds. The summed E-state index contributed by atoms with van der Waals surface area (Å²) in [5, 5.41) is 3.62. The predicted octanol–water partition coefficient (Wildman–Crippen LogP) is 4.39. The SMILES string of the molecule is C[C@@H](C(=O)Nc1cccc(C(F)(F)F)c1)N1c2cccc3cccc(c23)S1(=O)=O. The average Bonchev–Trinajstić information content (AvgIpc) is 2.89. The van der Waals surface area contributed by atoms with E-state index in [1.165, 1.54) is 25.1 Å². The Morgan fingerprint density at radius 1 is 1.03 bits per heavy atom. The Morgan fingerprint density at radius 3 is 2.38 bits per heavy atom. The second-order valence-corrected chi connectivity index (χ2v) is 8.46. The molecule has 0 bridgehead atoms. The number of anilines is 2.